The number of carboxylic acids is 1. The van der Waals surface area contributed by atoms with Crippen LogP contribution in [0.1, 0.15) is 5.56 Å². The first-order chi connectivity index (χ1) is 17.4. The lowest BCUT2D eigenvalue weighted by Crippen LogP contribution is -2.37. The van der Waals surface area contributed by atoms with Crippen LogP contribution >= 0.6 is 0 Å². The van der Waals surface area contributed by atoms with E-state index in [0.29, 0.717) is 41.9 Å². The standard InChI is InChI=1S/C27H27N3O5S/c1-29(17-18-35-23-12-3-2-4-13-23)19-22-9-5-6-14-24(22)30(20-26(31)32)36(33,34)25-15-7-10-21-11-8-16-28-27(21)25/h2-16H,17-20H2,1H3,(H,31,32). The molecule has 186 valence electrons. The van der Waals surface area contributed by atoms with Gasteiger partial charge in [-0.15, -0.1) is 0 Å². The highest BCUT2D eigenvalue weighted by Gasteiger charge is 2.30. The number of anilines is 1. The number of pyridine rings is 1. The van der Waals surface area contributed by atoms with Gasteiger partial charge in [-0.25, -0.2) is 8.42 Å². The van der Waals surface area contributed by atoms with Crippen LogP contribution in [0.25, 0.3) is 10.9 Å². The average Bonchev–Trinajstić information content (AvgIpc) is 2.88. The van der Waals surface area contributed by atoms with E-state index in [4.69, 9.17) is 4.74 Å². The second-order valence-electron chi connectivity index (χ2n) is 8.26. The molecule has 4 aromatic rings. The van der Waals surface area contributed by atoms with E-state index in [0.717, 1.165) is 10.1 Å². The number of ether oxygens (including phenoxy) is 1. The van der Waals surface area contributed by atoms with E-state index >= 15 is 0 Å². The Morgan fingerprint density at radius 2 is 1.67 bits per heavy atom. The zero-order valence-corrected chi connectivity index (χ0v) is 20.6. The third kappa shape index (κ3) is 5.81. The Balaban J connectivity index is 1.62. The van der Waals surface area contributed by atoms with Gasteiger partial charge in [0.2, 0.25) is 0 Å². The second-order valence-corrected chi connectivity index (χ2v) is 10.1. The van der Waals surface area contributed by atoms with Crippen LogP contribution < -0.4 is 9.04 Å². The van der Waals surface area contributed by atoms with Crippen molar-refractivity contribution in [3.8, 4) is 5.75 Å². The molecule has 1 aromatic heterocycles. The molecule has 0 bridgehead atoms. The third-order valence-electron chi connectivity index (χ3n) is 5.63. The van der Waals surface area contributed by atoms with E-state index in [-0.39, 0.29) is 4.90 Å². The summed E-state index contributed by atoms with van der Waals surface area (Å²) in [7, 11) is -2.34. The highest BCUT2D eigenvalue weighted by atomic mass is 32.2. The molecule has 0 saturated carbocycles. The van der Waals surface area contributed by atoms with Crippen LogP contribution in [0.15, 0.2) is 96.0 Å². The Kier molecular flexibility index (Phi) is 7.82. The van der Waals surface area contributed by atoms with Gasteiger partial charge >= 0.3 is 5.97 Å². The lowest BCUT2D eigenvalue weighted by atomic mass is 10.1. The highest BCUT2D eigenvalue weighted by Crippen LogP contribution is 2.30. The molecule has 9 heteroatoms. The fourth-order valence-electron chi connectivity index (χ4n) is 3.92. The summed E-state index contributed by atoms with van der Waals surface area (Å²) >= 11 is 0. The molecule has 0 fully saturated rings. The monoisotopic (exact) mass is 505 g/mol. The molecule has 0 radical (unpaired) electrons. The van der Waals surface area contributed by atoms with E-state index < -0.39 is 22.5 Å². The summed E-state index contributed by atoms with van der Waals surface area (Å²) in [5.74, 6) is -0.486. The number of carbonyl (C=O) groups is 1. The lowest BCUT2D eigenvalue weighted by Gasteiger charge is -2.27. The minimum Gasteiger partial charge on any atom is -0.492 e. The van der Waals surface area contributed by atoms with Crippen LogP contribution in [-0.4, -0.2) is 56.1 Å². The first-order valence-electron chi connectivity index (χ1n) is 11.4. The van der Waals surface area contributed by atoms with Gasteiger partial charge in [0, 0.05) is 24.7 Å². The van der Waals surface area contributed by atoms with Gasteiger partial charge < -0.3 is 9.84 Å². The summed E-state index contributed by atoms with van der Waals surface area (Å²) in [6, 6.07) is 24.7. The first-order valence-corrected chi connectivity index (χ1v) is 12.8. The number of aromatic nitrogens is 1. The molecule has 3 aromatic carbocycles. The largest absolute Gasteiger partial charge is 0.492 e. The molecule has 0 atom stereocenters. The van der Waals surface area contributed by atoms with E-state index in [2.05, 4.69) is 4.98 Å². The normalized spacial score (nSPS) is 11.5. The summed E-state index contributed by atoms with van der Waals surface area (Å²) < 4.78 is 34.4. The van der Waals surface area contributed by atoms with E-state index in [1.165, 1.54) is 12.3 Å². The number of nitrogens with zero attached hydrogens (tertiary/aromatic N) is 3. The van der Waals surface area contributed by atoms with E-state index in [1.54, 1.807) is 48.5 Å². The number of hydrogen-bond donors (Lipinski definition) is 1. The molecule has 4 rings (SSSR count). The van der Waals surface area contributed by atoms with Crippen molar-refractivity contribution in [3.05, 3.63) is 96.7 Å². The van der Waals surface area contributed by atoms with Gasteiger partial charge in [0.15, 0.2) is 0 Å². The molecule has 0 aliphatic rings. The molecule has 0 unspecified atom stereocenters. The molecule has 1 N–H and O–H groups in total. The van der Waals surface area contributed by atoms with Gasteiger partial charge in [-0.2, -0.15) is 0 Å². The summed E-state index contributed by atoms with van der Waals surface area (Å²) in [4.78, 5) is 18.0. The zero-order valence-electron chi connectivity index (χ0n) is 19.8. The van der Waals surface area contributed by atoms with Crippen molar-refractivity contribution in [2.24, 2.45) is 0 Å². The smallest absolute Gasteiger partial charge is 0.324 e. The van der Waals surface area contributed by atoms with Gasteiger partial charge in [-0.05, 0) is 42.9 Å². The van der Waals surface area contributed by atoms with Crippen molar-refractivity contribution in [2.75, 3.05) is 31.0 Å². The molecule has 0 saturated heterocycles. The van der Waals surface area contributed by atoms with Gasteiger partial charge in [0.25, 0.3) is 10.0 Å². The Morgan fingerprint density at radius 3 is 2.44 bits per heavy atom. The van der Waals surface area contributed by atoms with E-state index in [1.807, 2.05) is 42.3 Å². The highest BCUT2D eigenvalue weighted by molar-refractivity contribution is 7.93. The predicted octanol–water partition coefficient (Wildman–Crippen LogP) is 4.03. The third-order valence-corrected chi connectivity index (χ3v) is 7.42. The Hall–Kier alpha value is -3.95. The first kappa shape index (κ1) is 25.2. The predicted molar refractivity (Wildman–Crippen MR) is 139 cm³/mol. The zero-order chi connectivity index (χ0) is 25.5. The van der Waals surface area contributed by atoms with Crippen LogP contribution in [-0.2, 0) is 21.4 Å². The summed E-state index contributed by atoms with van der Waals surface area (Å²) in [6.45, 7) is 0.709. The maximum absolute atomic E-state index is 13.8. The molecular weight excluding hydrogens is 478 g/mol. The number of sulfonamides is 1. The molecule has 0 spiro atoms. The summed E-state index contributed by atoms with van der Waals surface area (Å²) in [5.41, 5.74) is 1.28. The number of benzene rings is 3. The number of aliphatic carboxylic acids is 1. The Bertz CT molecular complexity index is 1440. The SMILES string of the molecule is CN(CCOc1ccccc1)Cc1ccccc1N(CC(=O)O)S(=O)(=O)c1cccc2cccnc12. The summed E-state index contributed by atoms with van der Waals surface area (Å²) in [5, 5.41) is 10.3. The molecular formula is C27H27N3O5S. The Labute approximate surface area is 210 Å². The number of likely N-dealkylation sites (N-methyl/N-ethyl adjacent to an activating group) is 1. The average molecular weight is 506 g/mol. The minimum absolute atomic E-state index is 0.0405. The molecule has 0 aliphatic heterocycles. The molecule has 8 nitrogen and oxygen atoms in total. The van der Waals surface area contributed by atoms with Crippen molar-refractivity contribution in [3.63, 3.8) is 0 Å². The van der Waals surface area contributed by atoms with Crippen LogP contribution in [0, 0.1) is 0 Å². The van der Waals surface area contributed by atoms with Crippen LogP contribution in [0.4, 0.5) is 5.69 Å². The lowest BCUT2D eigenvalue weighted by molar-refractivity contribution is -0.135. The number of para-hydroxylation sites is 3. The molecule has 0 aliphatic carbocycles. The second kappa shape index (κ2) is 11.2. The van der Waals surface area contributed by atoms with Gasteiger partial charge in [0.05, 0.1) is 11.2 Å². The van der Waals surface area contributed by atoms with Crippen molar-refractivity contribution in [1.82, 2.24) is 9.88 Å². The number of carboxylic acid groups (broad SMARTS) is 1. The number of rotatable bonds is 11. The molecule has 1 heterocycles. The van der Waals surface area contributed by atoms with Gasteiger partial charge in [-0.1, -0.05) is 54.6 Å². The van der Waals surface area contributed by atoms with Crippen molar-refractivity contribution < 1.29 is 23.1 Å². The van der Waals surface area contributed by atoms with E-state index in [9.17, 15) is 18.3 Å². The molecule has 36 heavy (non-hydrogen) atoms. The van der Waals surface area contributed by atoms with Gasteiger partial charge in [-0.3, -0.25) is 19.0 Å². The van der Waals surface area contributed by atoms with Crippen LogP contribution in [0.5, 0.6) is 5.75 Å². The maximum Gasteiger partial charge on any atom is 0.324 e. The fourth-order valence-corrected chi connectivity index (χ4v) is 5.54. The summed E-state index contributed by atoms with van der Waals surface area (Å²) in [6.07, 6.45) is 1.52. The van der Waals surface area contributed by atoms with Gasteiger partial charge in [0.1, 0.15) is 23.8 Å². The van der Waals surface area contributed by atoms with Crippen LogP contribution in [0.2, 0.25) is 0 Å². The minimum atomic E-state index is -4.24. The Morgan fingerprint density at radius 1 is 0.944 bits per heavy atom. The van der Waals surface area contributed by atoms with Crippen molar-refractivity contribution in [2.45, 2.75) is 11.4 Å². The van der Waals surface area contributed by atoms with Crippen molar-refractivity contribution in [1.29, 1.82) is 0 Å². The number of hydrogen-bond acceptors (Lipinski definition) is 6. The van der Waals surface area contributed by atoms with Crippen molar-refractivity contribution >= 4 is 32.6 Å². The topological polar surface area (TPSA) is 100 Å². The number of fused-ring (bicyclic) bond motifs is 1. The fraction of sp³-hybridized carbons (Fsp3) is 0.185. The van der Waals surface area contributed by atoms with Crippen LogP contribution in [0.3, 0.4) is 0 Å². The molecule has 0 amide bonds. The quantitative estimate of drug-likeness (QED) is 0.329. The maximum atomic E-state index is 13.8.